The lowest BCUT2D eigenvalue weighted by Gasteiger charge is -2.17. The van der Waals surface area contributed by atoms with Crippen LogP contribution in [0.4, 0.5) is 0 Å². The topological polar surface area (TPSA) is 75.3 Å². The Balaban J connectivity index is 1.80. The van der Waals surface area contributed by atoms with Gasteiger partial charge < -0.3 is 9.72 Å². The van der Waals surface area contributed by atoms with E-state index < -0.39 is 0 Å². The summed E-state index contributed by atoms with van der Waals surface area (Å²) in [7, 11) is 0. The Morgan fingerprint density at radius 3 is 3.06 bits per heavy atom. The van der Waals surface area contributed by atoms with E-state index in [0.717, 1.165) is 12.8 Å². The van der Waals surface area contributed by atoms with Gasteiger partial charge in [0.2, 0.25) is 0 Å². The van der Waals surface area contributed by atoms with Crippen LogP contribution >= 0.6 is 0 Å². The summed E-state index contributed by atoms with van der Waals surface area (Å²) in [5.74, 6) is -0.621. The summed E-state index contributed by atoms with van der Waals surface area (Å²) >= 11 is 0. The lowest BCUT2D eigenvalue weighted by atomic mass is 10.2. The Morgan fingerprint density at radius 1 is 1.50 bits per heavy atom. The van der Waals surface area contributed by atoms with Crippen LogP contribution in [0.3, 0.4) is 0 Å². The van der Waals surface area contributed by atoms with Gasteiger partial charge in [0, 0.05) is 6.61 Å². The number of imide groups is 1. The van der Waals surface area contributed by atoms with E-state index in [-0.39, 0.29) is 23.6 Å². The summed E-state index contributed by atoms with van der Waals surface area (Å²) in [6.45, 7) is 1.05. The van der Waals surface area contributed by atoms with Crippen LogP contribution in [0.5, 0.6) is 0 Å². The molecule has 1 atom stereocenters. The van der Waals surface area contributed by atoms with Crippen LogP contribution in [0.1, 0.15) is 33.8 Å². The maximum Gasteiger partial charge on any atom is 0.281 e. The number of rotatable bonds is 2. The van der Waals surface area contributed by atoms with Crippen molar-refractivity contribution in [1.29, 1.82) is 0 Å². The van der Waals surface area contributed by atoms with Gasteiger partial charge in [0.25, 0.3) is 11.8 Å². The molecule has 0 aromatic carbocycles. The number of imidazole rings is 1. The van der Waals surface area contributed by atoms with Crippen molar-refractivity contribution in [3.05, 3.63) is 17.7 Å². The second-order valence-electron chi connectivity index (χ2n) is 3.98. The molecule has 2 aliphatic heterocycles. The van der Waals surface area contributed by atoms with Crippen molar-refractivity contribution in [2.45, 2.75) is 18.9 Å². The molecule has 16 heavy (non-hydrogen) atoms. The molecule has 2 amide bonds. The lowest BCUT2D eigenvalue weighted by molar-refractivity contribution is 0.0471. The average molecular weight is 221 g/mol. The van der Waals surface area contributed by atoms with Gasteiger partial charge in [0.15, 0.2) is 5.69 Å². The molecule has 1 fully saturated rings. The Hall–Kier alpha value is -1.69. The molecule has 1 aromatic heterocycles. The summed E-state index contributed by atoms with van der Waals surface area (Å²) in [6.07, 6.45) is 3.24. The van der Waals surface area contributed by atoms with E-state index in [9.17, 15) is 9.59 Å². The fourth-order valence-corrected chi connectivity index (χ4v) is 2.13. The van der Waals surface area contributed by atoms with Crippen molar-refractivity contribution < 1.29 is 14.3 Å². The minimum atomic E-state index is -0.322. The lowest BCUT2D eigenvalue weighted by Crippen LogP contribution is -2.37. The highest BCUT2D eigenvalue weighted by Gasteiger charge is 2.39. The third-order valence-electron chi connectivity index (χ3n) is 2.96. The van der Waals surface area contributed by atoms with Gasteiger partial charge >= 0.3 is 0 Å². The van der Waals surface area contributed by atoms with Crippen LogP contribution in [-0.4, -0.2) is 45.9 Å². The molecule has 84 valence electrons. The highest BCUT2D eigenvalue weighted by molar-refractivity contribution is 6.19. The van der Waals surface area contributed by atoms with E-state index in [1.54, 1.807) is 0 Å². The molecule has 0 bridgehead atoms. The zero-order valence-corrected chi connectivity index (χ0v) is 8.60. The minimum absolute atomic E-state index is 0.0168. The van der Waals surface area contributed by atoms with Gasteiger partial charge in [-0.05, 0) is 12.8 Å². The van der Waals surface area contributed by atoms with E-state index in [4.69, 9.17) is 4.74 Å². The van der Waals surface area contributed by atoms with E-state index in [1.807, 2.05) is 0 Å². The number of nitrogens with one attached hydrogen (secondary N) is 1. The predicted octanol–water partition coefficient (Wildman–Crippen LogP) is 0.185. The number of nitrogens with zero attached hydrogens (tertiary/aromatic N) is 2. The molecule has 1 N–H and O–H groups in total. The SMILES string of the molecule is O=C1c2nc[nH]c2C(=O)N1CC1CCCO1. The zero-order valence-electron chi connectivity index (χ0n) is 8.60. The Labute approximate surface area is 91.6 Å². The monoisotopic (exact) mass is 221 g/mol. The largest absolute Gasteiger partial charge is 0.376 e. The molecule has 1 aromatic rings. The van der Waals surface area contributed by atoms with E-state index >= 15 is 0 Å². The third kappa shape index (κ3) is 1.26. The molecule has 0 saturated carbocycles. The molecule has 0 spiro atoms. The van der Waals surface area contributed by atoms with Gasteiger partial charge in [-0.2, -0.15) is 0 Å². The second kappa shape index (κ2) is 3.41. The quantitative estimate of drug-likeness (QED) is 0.723. The first-order valence-corrected chi connectivity index (χ1v) is 5.28. The number of carbonyl (C=O) groups is 2. The van der Waals surface area contributed by atoms with Crippen molar-refractivity contribution in [2.24, 2.45) is 0 Å². The van der Waals surface area contributed by atoms with Crippen LogP contribution < -0.4 is 0 Å². The fraction of sp³-hybridized carbons (Fsp3) is 0.500. The number of ether oxygens (including phenoxy) is 1. The number of fused-ring (bicyclic) bond motifs is 1. The molecule has 3 rings (SSSR count). The number of amides is 2. The van der Waals surface area contributed by atoms with Crippen molar-refractivity contribution in [3.8, 4) is 0 Å². The van der Waals surface area contributed by atoms with E-state index in [2.05, 4.69) is 9.97 Å². The van der Waals surface area contributed by atoms with Gasteiger partial charge in [0.05, 0.1) is 19.0 Å². The van der Waals surface area contributed by atoms with Gasteiger partial charge in [0.1, 0.15) is 5.69 Å². The Morgan fingerprint density at radius 2 is 2.38 bits per heavy atom. The number of aromatic nitrogens is 2. The normalized spacial score (nSPS) is 24.2. The van der Waals surface area contributed by atoms with Gasteiger partial charge in [-0.3, -0.25) is 14.5 Å². The summed E-state index contributed by atoms with van der Waals surface area (Å²) in [4.78, 5) is 31.4. The molecule has 2 aliphatic rings. The maximum atomic E-state index is 11.8. The summed E-state index contributed by atoms with van der Waals surface area (Å²) < 4.78 is 5.41. The van der Waals surface area contributed by atoms with E-state index in [0.29, 0.717) is 18.8 Å². The first kappa shape index (κ1) is 9.53. The van der Waals surface area contributed by atoms with Crippen molar-refractivity contribution >= 4 is 11.8 Å². The second-order valence-corrected chi connectivity index (χ2v) is 3.98. The van der Waals surface area contributed by atoms with Crippen LogP contribution in [0, 0.1) is 0 Å². The van der Waals surface area contributed by atoms with E-state index in [1.165, 1.54) is 11.2 Å². The van der Waals surface area contributed by atoms with Crippen LogP contribution in [0.15, 0.2) is 6.33 Å². The Kier molecular flexibility index (Phi) is 2.03. The van der Waals surface area contributed by atoms with Gasteiger partial charge in [-0.15, -0.1) is 0 Å². The maximum absolute atomic E-state index is 11.8. The first-order valence-electron chi connectivity index (χ1n) is 5.28. The van der Waals surface area contributed by atoms with Crippen LogP contribution in [0.25, 0.3) is 0 Å². The fourth-order valence-electron chi connectivity index (χ4n) is 2.13. The number of hydrogen-bond acceptors (Lipinski definition) is 4. The molecule has 3 heterocycles. The van der Waals surface area contributed by atoms with Crippen molar-refractivity contribution in [1.82, 2.24) is 14.9 Å². The first-order chi connectivity index (χ1) is 7.77. The molecule has 6 nitrogen and oxygen atoms in total. The molecule has 0 radical (unpaired) electrons. The zero-order chi connectivity index (χ0) is 11.1. The minimum Gasteiger partial charge on any atom is -0.376 e. The summed E-state index contributed by atoms with van der Waals surface area (Å²) in [5.41, 5.74) is 0.519. The average Bonchev–Trinajstić information content (AvgIpc) is 2.97. The third-order valence-corrected chi connectivity index (χ3v) is 2.96. The molecule has 0 aliphatic carbocycles. The molecule has 6 heteroatoms. The number of aromatic amines is 1. The smallest absolute Gasteiger partial charge is 0.281 e. The van der Waals surface area contributed by atoms with Crippen LogP contribution in [-0.2, 0) is 4.74 Å². The number of hydrogen-bond donors (Lipinski definition) is 1. The highest BCUT2D eigenvalue weighted by Crippen LogP contribution is 2.22. The summed E-state index contributed by atoms with van der Waals surface area (Å²) in [6, 6.07) is 0. The predicted molar refractivity (Wildman–Crippen MR) is 52.9 cm³/mol. The van der Waals surface area contributed by atoms with Crippen molar-refractivity contribution in [2.75, 3.05) is 13.2 Å². The number of carbonyl (C=O) groups excluding carboxylic acids is 2. The van der Waals surface area contributed by atoms with Crippen LogP contribution in [0.2, 0.25) is 0 Å². The Bertz CT molecular complexity index is 417. The molecular formula is C10H11N3O3. The standard InChI is InChI=1S/C10H11N3O3/c14-9-7-8(12-5-11-7)10(15)13(9)4-6-2-1-3-16-6/h5-6H,1-4H2,(H,11,12). The summed E-state index contributed by atoms with van der Waals surface area (Å²) in [5, 5.41) is 0. The van der Waals surface area contributed by atoms with Crippen molar-refractivity contribution in [3.63, 3.8) is 0 Å². The highest BCUT2D eigenvalue weighted by atomic mass is 16.5. The van der Waals surface area contributed by atoms with Gasteiger partial charge in [-0.1, -0.05) is 0 Å². The van der Waals surface area contributed by atoms with Gasteiger partial charge in [-0.25, -0.2) is 4.98 Å². The molecule has 1 unspecified atom stereocenters. The number of H-pyrrole nitrogens is 1. The molecule has 1 saturated heterocycles. The molecular weight excluding hydrogens is 210 g/mol.